The Labute approximate surface area is 364 Å². The molecule has 12 rings (SSSR count). The van der Waals surface area contributed by atoms with Gasteiger partial charge in [-0.2, -0.15) is 5.26 Å². The molecule has 2 heterocycles. The standard InChI is InChI=1S/C58H35N3S/c59-36-37-26-28-38(29-27-37)42-32-33-45(44-19-8-7-18-43(42)44)46-20-13-23-50-56(46)47-31-30-41(34-51(47)58(50)48-21-9-11-24-54(48)62-55-25-12-10-22-49(55)58)53-35-52(39-14-3-1-4-15-39)60-57(61-53)40-16-5-2-6-17-40/h1-35H. The fourth-order valence-corrected chi connectivity index (χ4v) is 11.1. The van der Waals surface area contributed by atoms with Crippen molar-refractivity contribution in [3.63, 3.8) is 0 Å². The van der Waals surface area contributed by atoms with Gasteiger partial charge in [-0.3, -0.25) is 0 Å². The van der Waals surface area contributed by atoms with Crippen LogP contribution in [0.15, 0.2) is 222 Å². The second-order valence-corrected chi connectivity index (χ2v) is 17.0. The van der Waals surface area contributed by atoms with E-state index in [9.17, 15) is 5.26 Å². The second-order valence-electron chi connectivity index (χ2n) is 15.9. The van der Waals surface area contributed by atoms with Crippen LogP contribution in [0.3, 0.4) is 0 Å². The molecule has 9 aromatic carbocycles. The van der Waals surface area contributed by atoms with Gasteiger partial charge < -0.3 is 0 Å². The van der Waals surface area contributed by atoms with Crippen molar-refractivity contribution in [3.05, 3.63) is 240 Å². The van der Waals surface area contributed by atoms with Crippen molar-refractivity contribution >= 4 is 22.5 Å². The summed E-state index contributed by atoms with van der Waals surface area (Å²) < 4.78 is 0. The summed E-state index contributed by atoms with van der Waals surface area (Å²) in [5, 5.41) is 11.9. The number of fused-ring (bicyclic) bond motifs is 10. The Morgan fingerprint density at radius 2 is 0.935 bits per heavy atom. The lowest BCUT2D eigenvalue weighted by Crippen LogP contribution is -2.32. The third kappa shape index (κ3) is 5.53. The smallest absolute Gasteiger partial charge is 0.160 e. The van der Waals surface area contributed by atoms with Crippen LogP contribution in [0, 0.1) is 11.3 Å². The maximum atomic E-state index is 9.50. The van der Waals surface area contributed by atoms with Gasteiger partial charge in [0.15, 0.2) is 5.82 Å². The molecule has 0 atom stereocenters. The molecular formula is C58H35N3S. The predicted molar refractivity (Wildman–Crippen MR) is 253 cm³/mol. The number of nitrogens with zero attached hydrogens (tertiary/aromatic N) is 3. The minimum absolute atomic E-state index is 0.592. The lowest BCUT2D eigenvalue weighted by Gasteiger charge is -2.39. The van der Waals surface area contributed by atoms with Crippen LogP contribution in [-0.2, 0) is 5.41 Å². The predicted octanol–water partition coefficient (Wildman–Crippen LogP) is 14.7. The van der Waals surface area contributed by atoms with Gasteiger partial charge in [0.1, 0.15) is 0 Å². The fourth-order valence-electron chi connectivity index (χ4n) is 9.91. The van der Waals surface area contributed by atoms with Crippen LogP contribution in [0.5, 0.6) is 0 Å². The Bertz CT molecular complexity index is 3340. The van der Waals surface area contributed by atoms with E-state index >= 15 is 0 Å². The monoisotopic (exact) mass is 805 g/mol. The number of nitriles is 1. The highest BCUT2D eigenvalue weighted by molar-refractivity contribution is 7.99. The average Bonchev–Trinajstić information content (AvgIpc) is 3.64. The summed E-state index contributed by atoms with van der Waals surface area (Å²) in [6.07, 6.45) is 0. The number of hydrogen-bond donors (Lipinski definition) is 0. The van der Waals surface area contributed by atoms with Crippen molar-refractivity contribution in [1.29, 1.82) is 5.26 Å². The van der Waals surface area contributed by atoms with Crippen molar-refractivity contribution in [3.8, 4) is 73.4 Å². The van der Waals surface area contributed by atoms with E-state index in [0.717, 1.165) is 39.2 Å². The number of hydrogen-bond acceptors (Lipinski definition) is 4. The SMILES string of the molecule is N#Cc1ccc(-c2ccc(-c3cccc4c3-c3ccc(-c5cc(-c6ccccc6)nc(-c6ccccc6)n5)cc3C43c4ccccc4Sc4ccccc43)c3ccccc23)cc1. The van der Waals surface area contributed by atoms with Gasteiger partial charge in [0.25, 0.3) is 0 Å². The van der Waals surface area contributed by atoms with E-state index < -0.39 is 5.41 Å². The first-order valence-electron chi connectivity index (χ1n) is 20.9. The lowest BCUT2D eigenvalue weighted by molar-refractivity contribution is 0.722. The Kier molecular flexibility index (Phi) is 8.38. The molecule has 0 saturated heterocycles. The van der Waals surface area contributed by atoms with Gasteiger partial charge in [-0.1, -0.05) is 188 Å². The van der Waals surface area contributed by atoms with Crippen LogP contribution < -0.4 is 0 Å². The van der Waals surface area contributed by atoms with Gasteiger partial charge in [0.05, 0.1) is 28.4 Å². The Balaban J connectivity index is 1.14. The third-order valence-electron chi connectivity index (χ3n) is 12.6. The van der Waals surface area contributed by atoms with E-state index in [0.29, 0.717) is 11.4 Å². The van der Waals surface area contributed by atoms with E-state index in [-0.39, 0.29) is 0 Å². The molecule has 288 valence electrons. The van der Waals surface area contributed by atoms with E-state index in [1.54, 1.807) is 0 Å². The molecule has 1 aliphatic heterocycles. The van der Waals surface area contributed by atoms with Crippen molar-refractivity contribution < 1.29 is 0 Å². The van der Waals surface area contributed by atoms with Crippen molar-refractivity contribution in [2.75, 3.05) is 0 Å². The number of rotatable bonds is 5. The molecule has 1 spiro atoms. The fraction of sp³-hybridized carbons (Fsp3) is 0.0172. The largest absolute Gasteiger partial charge is 0.228 e. The normalized spacial score (nSPS) is 12.9. The zero-order valence-electron chi connectivity index (χ0n) is 33.5. The van der Waals surface area contributed by atoms with Crippen LogP contribution in [0.2, 0.25) is 0 Å². The van der Waals surface area contributed by atoms with E-state index in [4.69, 9.17) is 9.97 Å². The van der Waals surface area contributed by atoms with Crippen LogP contribution in [0.25, 0.3) is 78.1 Å². The molecule has 1 aromatic heterocycles. The molecule has 0 fully saturated rings. The second kappa shape index (κ2) is 14.4. The molecular weight excluding hydrogens is 771 g/mol. The third-order valence-corrected chi connectivity index (χ3v) is 13.8. The van der Waals surface area contributed by atoms with Crippen LogP contribution >= 0.6 is 11.8 Å². The Morgan fingerprint density at radius 3 is 1.63 bits per heavy atom. The highest BCUT2D eigenvalue weighted by Gasteiger charge is 2.51. The minimum atomic E-state index is -0.592. The van der Waals surface area contributed by atoms with E-state index in [1.165, 1.54) is 65.1 Å². The lowest BCUT2D eigenvalue weighted by atomic mass is 9.67. The molecule has 0 bridgehead atoms. The topological polar surface area (TPSA) is 49.6 Å². The van der Waals surface area contributed by atoms with Gasteiger partial charge in [-0.15, -0.1) is 0 Å². The molecule has 0 radical (unpaired) electrons. The zero-order chi connectivity index (χ0) is 41.2. The summed E-state index contributed by atoms with van der Waals surface area (Å²) in [6.45, 7) is 0. The highest BCUT2D eigenvalue weighted by atomic mass is 32.2. The molecule has 1 aliphatic carbocycles. The number of aromatic nitrogens is 2. The first-order valence-corrected chi connectivity index (χ1v) is 21.7. The maximum absolute atomic E-state index is 9.50. The van der Waals surface area contributed by atoms with Crippen LogP contribution in [0.1, 0.15) is 27.8 Å². The van der Waals surface area contributed by atoms with E-state index in [2.05, 4.69) is 182 Å². The van der Waals surface area contributed by atoms with Gasteiger partial charge in [0.2, 0.25) is 0 Å². The summed E-state index contributed by atoms with van der Waals surface area (Å²) in [4.78, 5) is 13.0. The van der Waals surface area contributed by atoms with Crippen molar-refractivity contribution in [2.24, 2.45) is 0 Å². The first-order chi connectivity index (χ1) is 30.7. The summed E-state index contributed by atoms with van der Waals surface area (Å²) in [5.74, 6) is 0.698. The van der Waals surface area contributed by atoms with Crippen LogP contribution in [0.4, 0.5) is 0 Å². The molecule has 10 aromatic rings. The highest BCUT2D eigenvalue weighted by Crippen LogP contribution is 2.64. The summed E-state index contributed by atoms with van der Waals surface area (Å²) in [7, 11) is 0. The summed E-state index contributed by atoms with van der Waals surface area (Å²) >= 11 is 1.86. The van der Waals surface area contributed by atoms with Gasteiger partial charge in [-0.25, -0.2) is 9.97 Å². The molecule has 62 heavy (non-hydrogen) atoms. The van der Waals surface area contributed by atoms with Crippen LogP contribution in [-0.4, -0.2) is 9.97 Å². The molecule has 0 N–H and O–H groups in total. The van der Waals surface area contributed by atoms with Gasteiger partial charge in [0, 0.05) is 26.5 Å². The quantitative estimate of drug-likeness (QED) is 0.174. The van der Waals surface area contributed by atoms with Gasteiger partial charge in [-0.05, 0) is 103 Å². The Hall–Kier alpha value is -7.84. The average molecular weight is 806 g/mol. The molecule has 3 nitrogen and oxygen atoms in total. The minimum Gasteiger partial charge on any atom is -0.228 e. The summed E-state index contributed by atoms with van der Waals surface area (Å²) in [6, 6.07) is 78.1. The number of benzene rings is 9. The molecule has 4 heteroatoms. The van der Waals surface area contributed by atoms with Gasteiger partial charge >= 0.3 is 0 Å². The molecule has 2 aliphatic rings. The Morgan fingerprint density at radius 1 is 0.387 bits per heavy atom. The first kappa shape index (κ1) is 36.0. The van der Waals surface area contributed by atoms with Crippen molar-refractivity contribution in [2.45, 2.75) is 15.2 Å². The van der Waals surface area contributed by atoms with Crippen molar-refractivity contribution in [1.82, 2.24) is 9.97 Å². The van der Waals surface area contributed by atoms with E-state index in [1.807, 2.05) is 48.2 Å². The summed E-state index contributed by atoms with van der Waals surface area (Å²) in [5.41, 5.74) is 17.1. The molecule has 0 saturated carbocycles. The molecule has 0 amide bonds. The maximum Gasteiger partial charge on any atom is 0.160 e. The molecule has 0 unspecified atom stereocenters. The zero-order valence-corrected chi connectivity index (χ0v) is 34.3.